The minimum Gasteiger partial charge on any atom is -0.337 e. The van der Waals surface area contributed by atoms with Crippen LogP contribution in [-0.2, 0) is 6.42 Å². The molecule has 0 spiro atoms. The van der Waals surface area contributed by atoms with Gasteiger partial charge in [0, 0.05) is 35.3 Å². The molecule has 3 aromatic heterocycles. The molecule has 30 heavy (non-hydrogen) atoms. The Morgan fingerprint density at radius 3 is 2.77 bits per heavy atom. The first-order chi connectivity index (χ1) is 14.5. The lowest BCUT2D eigenvalue weighted by molar-refractivity contribution is 0.252. The number of aryl methyl sites for hydroxylation is 1. The van der Waals surface area contributed by atoms with Crippen molar-refractivity contribution in [2.45, 2.75) is 33.2 Å². The van der Waals surface area contributed by atoms with Crippen LogP contribution in [0, 0.1) is 6.92 Å². The van der Waals surface area contributed by atoms with E-state index in [9.17, 15) is 4.79 Å². The number of carbonyl (C=O) groups excluding carboxylic acids is 1. The fourth-order valence-electron chi connectivity index (χ4n) is 3.12. The maximum atomic E-state index is 12.2. The number of nitrogens with zero attached hydrogens (tertiary/aromatic N) is 4. The molecule has 1 aromatic carbocycles. The van der Waals surface area contributed by atoms with Crippen molar-refractivity contribution in [1.82, 2.24) is 25.1 Å². The van der Waals surface area contributed by atoms with Gasteiger partial charge in [0.15, 0.2) is 5.65 Å². The number of carbonyl (C=O) groups is 1. The summed E-state index contributed by atoms with van der Waals surface area (Å²) in [5.74, 6) is 0. The number of thiazole rings is 1. The zero-order chi connectivity index (χ0) is 21.1. The maximum Gasteiger partial charge on any atom is 0.319 e. The van der Waals surface area contributed by atoms with Crippen molar-refractivity contribution in [2.75, 3.05) is 11.9 Å². The van der Waals surface area contributed by atoms with Crippen LogP contribution in [0.2, 0.25) is 0 Å². The highest BCUT2D eigenvalue weighted by Crippen LogP contribution is 2.24. The van der Waals surface area contributed by atoms with Gasteiger partial charge in [-0.15, -0.1) is 11.3 Å². The van der Waals surface area contributed by atoms with Crippen molar-refractivity contribution in [2.24, 2.45) is 0 Å². The molecule has 0 saturated carbocycles. The number of aromatic nitrogens is 4. The predicted octanol–water partition coefficient (Wildman–Crippen LogP) is 4.81. The van der Waals surface area contributed by atoms with Gasteiger partial charge in [-0.05, 0) is 26.8 Å². The molecule has 0 fully saturated rings. The first-order valence-corrected chi connectivity index (χ1v) is 10.8. The average molecular weight is 421 g/mol. The quantitative estimate of drug-likeness (QED) is 0.469. The number of hydrogen-bond donors (Lipinski definition) is 2. The molecule has 4 rings (SSSR count). The van der Waals surface area contributed by atoms with Gasteiger partial charge >= 0.3 is 6.03 Å². The SMILES string of the molecule is Cc1ccc(-c2nc(CCNC(=O)Nc3cnc4c(cnn4C(C)C)c3)cs2)cc1. The third-order valence-corrected chi connectivity index (χ3v) is 5.64. The zero-order valence-electron chi connectivity index (χ0n) is 17.2. The molecular weight excluding hydrogens is 396 g/mol. The fourth-order valence-corrected chi connectivity index (χ4v) is 3.98. The molecule has 7 nitrogen and oxygen atoms in total. The van der Waals surface area contributed by atoms with E-state index >= 15 is 0 Å². The van der Waals surface area contributed by atoms with Gasteiger partial charge in [0.25, 0.3) is 0 Å². The highest BCUT2D eigenvalue weighted by atomic mass is 32.1. The molecule has 0 atom stereocenters. The van der Waals surface area contributed by atoms with Gasteiger partial charge < -0.3 is 10.6 Å². The van der Waals surface area contributed by atoms with E-state index in [2.05, 4.69) is 70.7 Å². The number of benzene rings is 1. The van der Waals surface area contributed by atoms with Gasteiger partial charge in [0.1, 0.15) is 5.01 Å². The Bertz CT molecular complexity index is 1160. The van der Waals surface area contributed by atoms with Gasteiger partial charge in [0.05, 0.1) is 23.8 Å². The number of amides is 2. The smallest absolute Gasteiger partial charge is 0.319 e. The second-order valence-corrected chi connectivity index (χ2v) is 8.32. The third-order valence-electron chi connectivity index (χ3n) is 4.70. The maximum absolute atomic E-state index is 12.2. The molecule has 0 radical (unpaired) electrons. The van der Waals surface area contributed by atoms with Crippen molar-refractivity contribution in [3.63, 3.8) is 0 Å². The average Bonchev–Trinajstić information content (AvgIpc) is 3.35. The Morgan fingerprint density at radius 1 is 1.20 bits per heavy atom. The largest absolute Gasteiger partial charge is 0.337 e. The minimum atomic E-state index is -0.263. The zero-order valence-corrected chi connectivity index (χ0v) is 18.0. The van der Waals surface area contributed by atoms with Gasteiger partial charge in [0.2, 0.25) is 0 Å². The van der Waals surface area contributed by atoms with Crippen LogP contribution in [-0.4, -0.2) is 32.3 Å². The van der Waals surface area contributed by atoms with E-state index in [-0.39, 0.29) is 12.1 Å². The summed E-state index contributed by atoms with van der Waals surface area (Å²) in [5, 5.41) is 14.0. The van der Waals surface area contributed by atoms with Gasteiger partial charge in [-0.1, -0.05) is 29.8 Å². The van der Waals surface area contributed by atoms with Gasteiger partial charge in [-0.2, -0.15) is 5.10 Å². The molecule has 0 bridgehead atoms. The molecule has 0 aliphatic carbocycles. The monoisotopic (exact) mass is 420 g/mol. The van der Waals surface area contributed by atoms with Crippen LogP contribution in [0.4, 0.5) is 10.5 Å². The summed E-state index contributed by atoms with van der Waals surface area (Å²) in [6.45, 7) is 6.68. The van der Waals surface area contributed by atoms with E-state index < -0.39 is 0 Å². The van der Waals surface area contributed by atoms with Crippen molar-refractivity contribution in [1.29, 1.82) is 0 Å². The first-order valence-electron chi connectivity index (χ1n) is 9.89. The molecular formula is C22H24N6OS. The van der Waals surface area contributed by atoms with Crippen LogP contribution >= 0.6 is 11.3 Å². The van der Waals surface area contributed by atoms with Crippen LogP contribution in [0.3, 0.4) is 0 Å². The number of nitrogens with one attached hydrogen (secondary N) is 2. The molecule has 0 unspecified atom stereocenters. The molecule has 0 aliphatic rings. The van der Waals surface area contributed by atoms with Crippen molar-refractivity contribution >= 4 is 34.1 Å². The second kappa shape index (κ2) is 8.62. The number of anilines is 1. The van der Waals surface area contributed by atoms with Crippen LogP contribution in [0.5, 0.6) is 0 Å². The van der Waals surface area contributed by atoms with Crippen LogP contribution in [0.25, 0.3) is 21.6 Å². The van der Waals surface area contributed by atoms with E-state index in [4.69, 9.17) is 0 Å². The van der Waals surface area contributed by atoms with E-state index in [0.29, 0.717) is 18.7 Å². The normalized spacial score (nSPS) is 11.2. The lowest BCUT2D eigenvalue weighted by atomic mass is 10.2. The highest BCUT2D eigenvalue weighted by Gasteiger charge is 2.10. The predicted molar refractivity (Wildman–Crippen MR) is 121 cm³/mol. The van der Waals surface area contributed by atoms with E-state index in [0.717, 1.165) is 27.3 Å². The Kier molecular flexibility index (Phi) is 5.76. The first kappa shape index (κ1) is 20.0. The van der Waals surface area contributed by atoms with E-state index in [1.165, 1.54) is 5.56 Å². The fraction of sp³-hybridized carbons (Fsp3) is 0.273. The summed E-state index contributed by atoms with van der Waals surface area (Å²) in [4.78, 5) is 21.3. The summed E-state index contributed by atoms with van der Waals surface area (Å²) < 4.78 is 1.86. The van der Waals surface area contributed by atoms with Crippen LogP contribution < -0.4 is 10.6 Å². The molecule has 2 N–H and O–H groups in total. The molecule has 3 heterocycles. The Morgan fingerprint density at radius 2 is 2.00 bits per heavy atom. The summed E-state index contributed by atoms with van der Waals surface area (Å²) in [6.07, 6.45) is 4.09. The standard InChI is InChI=1S/C22H24N6OS/c1-14(2)28-20-17(11-25-28)10-19(12-24-20)27-22(29)23-9-8-18-13-30-21(26-18)16-6-4-15(3)5-7-16/h4-7,10-14H,8-9H2,1-3H3,(H2,23,27,29). The molecule has 0 aliphatic heterocycles. The van der Waals surface area contributed by atoms with Crippen molar-refractivity contribution < 1.29 is 4.79 Å². The number of hydrogen-bond acceptors (Lipinski definition) is 5. The second-order valence-electron chi connectivity index (χ2n) is 7.46. The van der Waals surface area contributed by atoms with Crippen molar-refractivity contribution in [3.8, 4) is 10.6 Å². The number of pyridine rings is 1. The topological polar surface area (TPSA) is 84.7 Å². The number of fused-ring (bicyclic) bond motifs is 1. The number of urea groups is 1. The van der Waals surface area contributed by atoms with Crippen LogP contribution in [0.15, 0.2) is 48.1 Å². The Balaban J connectivity index is 1.30. The Labute approximate surface area is 179 Å². The molecule has 154 valence electrons. The third kappa shape index (κ3) is 4.49. The Hall–Kier alpha value is -3.26. The summed E-state index contributed by atoms with van der Waals surface area (Å²) in [5.41, 5.74) is 4.77. The highest BCUT2D eigenvalue weighted by molar-refractivity contribution is 7.13. The molecule has 2 amide bonds. The molecule has 4 aromatic rings. The summed E-state index contributed by atoms with van der Waals surface area (Å²) >= 11 is 1.62. The van der Waals surface area contributed by atoms with Gasteiger partial charge in [-0.25, -0.2) is 19.4 Å². The lowest BCUT2D eigenvalue weighted by Gasteiger charge is -2.08. The number of rotatable bonds is 6. The summed E-state index contributed by atoms with van der Waals surface area (Å²) in [7, 11) is 0. The molecule has 0 saturated heterocycles. The minimum absolute atomic E-state index is 0.231. The van der Waals surface area contributed by atoms with E-state index in [1.54, 1.807) is 23.7 Å². The van der Waals surface area contributed by atoms with Crippen molar-refractivity contribution in [3.05, 3.63) is 59.4 Å². The lowest BCUT2D eigenvalue weighted by Crippen LogP contribution is -2.30. The van der Waals surface area contributed by atoms with E-state index in [1.807, 2.05) is 16.1 Å². The van der Waals surface area contributed by atoms with Gasteiger partial charge in [-0.3, -0.25) is 0 Å². The van der Waals surface area contributed by atoms with Crippen LogP contribution in [0.1, 0.15) is 31.1 Å². The summed E-state index contributed by atoms with van der Waals surface area (Å²) in [6, 6.07) is 10.2. The molecule has 8 heteroatoms.